The Bertz CT molecular complexity index is 399. The summed E-state index contributed by atoms with van der Waals surface area (Å²) in [5.41, 5.74) is 6.89. The molecule has 0 saturated heterocycles. The summed E-state index contributed by atoms with van der Waals surface area (Å²) in [7, 11) is 0. The predicted molar refractivity (Wildman–Crippen MR) is 81.9 cm³/mol. The van der Waals surface area contributed by atoms with Gasteiger partial charge in [0, 0.05) is 12.5 Å². The van der Waals surface area contributed by atoms with E-state index in [1.54, 1.807) is 0 Å². The Morgan fingerprint density at radius 3 is 2.45 bits per heavy atom. The monoisotopic (exact) mass is 278 g/mol. The van der Waals surface area contributed by atoms with Crippen molar-refractivity contribution < 1.29 is 9.53 Å². The maximum atomic E-state index is 11.5. The van der Waals surface area contributed by atoms with E-state index in [4.69, 9.17) is 10.5 Å². The SMILES string of the molecule is CC(N)CCC(=O)NCCOc1ccc(C(C)C)cc1. The standard InChI is InChI=1S/C16H26N2O2/c1-12(2)14-5-7-15(8-6-14)20-11-10-18-16(19)9-4-13(3)17/h5-8,12-13H,4,9-11,17H2,1-3H3,(H,18,19). The number of rotatable bonds is 8. The first kappa shape index (κ1) is 16.5. The van der Waals surface area contributed by atoms with Gasteiger partial charge in [-0.3, -0.25) is 4.79 Å². The van der Waals surface area contributed by atoms with Crippen LogP contribution in [0.3, 0.4) is 0 Å². The number of ether oxygens (including phenoxy) is 1. The van der Waals surface area contributed by atoms with E-state index in [0.29, 0.717) is 31.9 Å². The summed E-state index contributed by atoms with van der Waals surface area (Å²) in [4.78, 5) is 11.5. The third kappa shape index (κ3) is 6.57. The van der Waals surface area contributed by atoms with E-state index < -0.39 is 0 Å². The van der Waals surface area contributed by atoms with Crippen LogP contribution in [-0.2, 0) is 4.79 Å². The Hall–Kier alpha value is -1.55. The molecule has 0 aliphatic rings. The van der Waals surface area contributed by atoms with Crippen molar-refractivity contribution in [3.8, 4) is 5.75 Å². The number of hydrogen-bond acceptors (Lipinski definition) is 3. The molecule has 1 aromatic rings. The highest BCUT2D eigenvalue weighted by molar-refractivity contribution is 5.75. The zero-order valence-electron chi connectivity index (χ0n) is 12.7. The van der Waals surface area contributed by atoms with Crippen LogP contribution < -0.4 is 15.8 Å². The largest absolute Gasteiger partial charge is 0.492 e. The van der Waals surface area contributed by atoms with E-state index in [1.165, 1.54) is 5.56 Å². The van der Waals surface area contributed by atoms with Gasteiger partial charge in [0.05, 0.1) is 6.54 Å². The molecule has 0 aliphatic carbocycles. The van der Waals surface area contributed by atoms with Crippen LogP contribution in [0.5, 0.6) is 5.75 Å². The second-order valence-electron chi connectivity index (χ2n) is 5.44. The second-order valence-corrected chi connectivity index (χ2v) is 5.44. The van der Waals surface area contributed by atoms with Gasteiger partial charge in [-0.05, 0) is 37.0 Å². The van der Waals surface area contributed by atoms with Gasteiger partial charge in [-0.25, -0.2) is 0 Å². The molecule has 0 aliphatic heterocycles. The lowest BCUT2D eigenvalue weighted by Crippen LogP contribution is -2.29. The summed E-state index contributed by atoms with van der Waals surface area (Å²) in [6, 6.07) is 8.14. The van der Waals surface area contributed by atoms with E-state index in [0.717, 1.165) is 5.75 Å². The fourth-order valence-electron chi connectivity index (χ4n) is 1.76. The molecule has 4 heteroatoms. The van der Waals surface area contributed by atoms with Crippen molar-refractivity contribution in [3.05, 3.63) is 29.8 Å². The van der Waals surface area contributed by atoms with Gasteiger partial charge in [-0.2, -0.15) is 0 Å². The highest BCUT2D eigenvalue weighted by atomic mass is 16.5. The summed E-state index contributed by atoms with van der Waals surface area (Å²) in [5, 5.41) is 2.82. The molecule has 1 aromatic carbocycles. The maximum absolute atomic E-state index is 11.5. The van der Waals surface area contributed by atoms with Gasteiger partial charge in [0.1, 0.15) is 12.4 Å². The lowest BCUT2D eigenvalue weighted by molar-refractivity contribution is -0.121. The van der Waals surface area contributed by atoms with Crippen LogP contribution >= 0.6 is 0 Å². The normalized spacial score (nSPS) is 12.2. The molecule has 3 N–H and O–H groups in total. The second kappa shape index (κ2) is 8.59. The van der Waals surface area contributed by atoms with Gasteiger partial charge in [-0.1, -0.05) is 26.0 Å². The molecule has 4 nitrogen and oxygen atoms in total. The maximum Gasteiger partial charge on any atom is 0.220 e. The van der Waals surface area contributed by atoms with Gasteiger partial charge in [-0.15, -0.1) is 0 Å². The Morgan fingerprint density at radius 1 is 1.25 bits per heavy atom. The van der Waals surface area contributed by atoms with Crippen molar-refractivity contribution in [2.75, 3.05) is 13.2 Å². The van der Waals surface area contributed by atoms with Crippen molar-refractivity contribution in [1.29, 1.82) is 0 Å². The quantitative estimate of drug-likeness (QED) is 0.718. The molecule has 0 radical (unpaired) electrons. The topological polar surface area (TPSA) is 64.4 Å². The third-order valence-electron chi connectivity index (χ3n) is 3.07. The molecule has 112 valence electrons. The highest BCUT2D eigenvalue weighted by Crippen LogP contribution is 2.18. The zero-order valence-corrected chi connectivity index (χ0v) is 12.7. The predicted octanol–water partition coefficient (Wildman–Crippen LogP) is 2.43. The Labute approximate surface area is 121 Å². The molecule has 1 atom stereocenters. The minimum absolute atomic E-state index is 0.0288. The summed E-state index contributed by atoms with van der Waals surface area (Å²) in [5.74, 6) is 1.38. The van der Waals surface area contributed by atoms with Crippen molar-refractivity contribution >= 4 is 5.91 Å². The Balaban J connectivity index is 2.19. The molecule has 0 spiro atoms. The van der Waals surface area contributed by atoms with Crippen LogP contribution in [0, 0.1) is 0 Å². The molecule has 0 saturated carbocycles. The number of amides is 1. The lowest BCUT2D eigenvalue weighted by atomic mass is 10.0. The average molecular weight is 278 g/mol. The van der Waals surface area contributed by atoms with Crippen LogP contribution in [0.25, 0.3) is 0 Å². The van der Waals surface area contributed by atoms with Gasteiger partial charge in [0.25, 0.3) is 0 Å². The first-order valence-corrected chi connectivity index (χ1v) is 7.24. The molecule has 1 rings (SSSR count). The Morgan fingerprint density at radius 2 is 1.90 bits per heavy atom. The van der Waals surface area contributed by atoms with Crippen LogP contribution in [0.2, 0.25) is 0 Å². The van der Waals surface area contributed by atoms with Crippen LogP contribution in [0.15, 0.2) is 24.3 Å². The molecule has 1 amide bonds. The summed E-state index contributed by atoms with van der Waals surface area (Å²) >= 11 is 0. The first-order valence-electron chi connectivity index (χ1n) is 7.24. The van der Waals surface area contributed by atoms with Crippen molar-refractivity contribution in [2.45, 2.75) is 45.6 Å². The van der Waals surface area contributed by atoms with E-state index in [9.17, 15) is 4.79 Å². The van der Waals surface area contributed by atoms with Crippen LogP contribution in [0.1, 0.15) is 45.1 Å². The Kier molecular flexibility index (Phi) is 7.09. The van der Waals surface area contributed by atoms with Gasteiger partial charge < -0.3 is 15.8 Å². The summed E-state index contributed by atoms with van der Waals surface area (Å²) < 4.78 is 5.58. The third-order valence-corrected chi connectivity index (χ3v) is 3.07. The smallest absolute Gasteiger partial charge is 0.220 e. The van der Waals surface area contributed by atoms with Crippen molar-refractivity contribution in [1.82, 2.24) is 5.32 Å². The van der Waals surface area contributed by atoms with Gasteiger partial charge in [0.2, 0.25) is 5.91 Å². The van der Waals surface area contributed by atoms with E-state index >= 15 is 0 Å². The van der Waals surface area contributed by atoms with Crippen molar-refractivity contribution in [2.24, 2.45) is 5.73 Å². The number of benzene rings is 1. The number of carbonyl (C=O) groups is 1. The number of nitrogens with one attached hydrogen (secondary N) is 1. The van der Waals surface area contributed by atoms with Gasteiger partial charge >= 0.3 is 0 Å². The molecule has 0 heterocycles. The number of nitrogens with two attached hydrogens (primary N) is 1. The fraction of sp³-hybridized carbons (Fsp3) is 0.562. The van der Waals surface area contributed by atoms with E-state index in [-0.39, 0.29) is 11.9 Å². The number of hydrogen-bond donors (Lipinski definition) is 2. The van der Waals surface area contributed by atoms with Crippen molar-refractivity contribution in [3.63, 3.8) is 0 Å². The summed E-state index contributed by atoms with van der Waals surface area (Å²) in [6.45, 7) is 7.22. The number of carbonyl (C=O) groups excluding carboxylic acids is 1. The van der Waals surface area contributed by atoms with E-state index in [1.807, 2.05) is 19.1 Å². The fourth-order valence-corrected chi connectivity index (χ4v) is 1.76. The molecular weight excluding hydrogens is 252 g/mol. The van der Waals surface area contributed by atoms with Crippen LogP contribution in [0.4, 0.5) is 0 Å². The highest BCUT2D eigenvalue weighted by Gasteiger charge is 2.03. The first-order chi connectivity index (χ1) is 9.49. The molecule has 0 fully saturated rings. The lowest BCUT2D eigenvalue weighted by Gasteiger charge is -2.10. The molecule has 0 aromatic heterocycles. The minimum atomic E-state index is 0.0288. The molecular formula is C16H26N2O2. The van der Waals surface area contributed by atoms with Crippen LogP contribution in [-0.4, -0.2) is 25.1 Å². The van der Waals surface area contributed by atoms with E-state index in [2.05, 4.69) is 31.3 Å². The van der Waals surface area contributed by atoms with Gasteiger partial charge in [0.15, 0.2) is 0 Å². The molecule has 20 heavy (non-hydrogen) atoms. The minimum Gasteiger partial charge on any atom is -0.492 e. The average Bonchev–Trinajstić information content (AvgIpc) is 2.42. The summed E-state index contributed by atoms with van der Waals surface area (Å²) in [6.07, 6.45) is 1.18. The zero-order chi connectivity index (χ0) is 15.0. The molecule has 1 unspecified atom stereocenters. The molecule has 0 bridgehead atoms.